The molecular formula is C17H22N4O3. The Labute approximate surface area is 140 Å². The van der Waals surface area contributed by atoms with Gasteiger partial charge in [0.2, 0.25) is 11.8 Å². The molecule has 0 spiro atoms. The predicted octanol–water partition coefficient (Wildman–Crippen LogP) is 1.93. The highest BCUT2D eigenvalue weighted by atomic mass is 16.5. The van der Waals surface area contributed by atoms with E-state index in [9.17, 15) is 0 Å². The first-order valence-electron chi connectivity index (χ1n) is 8.75. The zero-order valence-electron chi connectivity index (χ0n) is 13.9. The van der Waals surface area contributed by atoms with E-state index in [1.165, 1.54) is 12.8 Å². The molecule has 4 heterocycles. The molecule has 0 aromatic carbocycles. The molecule has 3 aliphatic rings. The molecule has 1 aliphatic carbocycles. The molecule has 2 saturated heterocycles. The molecule has 1 saturated carbocycles. The molecule has 0 N–H and O–H groups in total. The van der Waals surface area contributed by atoms with Gasteiger partial charge in [-0.15, -0.1) is 10.2 Å². The molecule has 7 heteroatoms. The van der Waals surface area contributed by atoms with E-state index in [0.717, 1.165) is 62.5 Å². The van der Waals surface area contributed by atoms with Crippen LogP contribution in [0.15, 0.2) is 15.0 Å². The molecule has 2 aliphatic heterocycles. The van der Waals surface area contributed by atoms with E-state index < -0.39 is 0 Å². The topological polar surface area (TPSA) is 77.4 Å². The third kappa shape index (κ3) is 2.56. The van der Waals surface area contributed by atoms with Gasteiger partial charge >= 0.3 is 0 Å². The van der Waals surface area contributed by atoms with Crippen LogP contribution >= 0.6 is 0 Å². The van der Waals surface area contributed by atoms with Crippen LogP contribution in [0.5, 0.6) is 0 Å². The number of aromatic nitrogens is 3. The molecule has 0 bridgehead atoms. The summed E-state index contributed by atoms with van der Waals surface area (Å²) in [6.45, 7) is 6.34. The second kappa shape index (κ2) is 5.39. The molecule has 0 radical (unpaired) electrons. The Balaban J connectivity index is 1.31. The second-order valence-electron chi connectivity index (χ2n) is 7.66. The lowest BCUT2D eigenvalue weighted by molar-refractivity contribution is 0.122. The highest BCUT2D eigenvalue weighted by Crippen LogP contribution is 2.45. The lowest BCUT2D eigenvalue weighted by Gasteiger charge is -2.25. The summed E-state index contributed by atoms with van der Waals surface area (Å²) in [5.74, 6) is 3.48. The maximum Gasteiger partial charge on any atom is 0.219 e. The van der Waals surface area contributed by atoms with E-state index in [1.807, 2.05) is 13.0 Å². The van der Waals surface area contributed by atoms with Crippen molar-refractivity contribution < 1.29 is 13.7 Å². The summed E-state index contributed by atoms with van der Waals surface area (Å²) in [5.41, 5.74) is 1.09. The average molecular weight is 330 g/mol. The van der Waals surface area contributed by atoms with Gasteiger partial charge in [-0.1, -0.05) is 5.16 Å². The number of hydrogen-bond donors (Lipinski definition) is 0. The van der Waals surface area contributed by atoms with E-state index in [0.29, 0.717) is 11.8 Å². The molecule has 0 unspecified atom stereocenters. The van der Waals surface area contributed by atoms with E-state index in [4.69, 9.17) is 13.7 Å². The Kier molecular flexibility index (Phi) is 3.28. The fraction of sp³-hybridized carbons (Fsp3) is 0.706. The van der Waals surface area contributed by atoms with E-state index >= 15 is 0 Å². The van der Waals surface area contributed by atoms with Crippen molar-refractivity contribution in [2.75, 3.05) is 26.3 Å². The van der Waals surface area contributed by atoms with E-state index in [2.05, 4.69) is 20.3 Å². The minimum atomic E-state index is 0.0894. The van der Waals surface area contributed by atoms with Crippen LogP contribution in [0, 0.1) is 18.3 Å². The Bertz CT molecular complexity index is 738. The number of nitrogens with zero attached hydrogens (tertiary/aromatic N) is 4. The lowest BCUT2D eigenvalue weighted by atomic mass is 9.78. The third-order valence-corrected chi connectivity index (χ3v) is 5.57. The van der Waals surface area contributed by atoms with Crippen molar-refractivity contribution in [2.24, 2.45) is 11.3 Å². The first-order valence-corrected chi connectivity index (χ1v) is 8.75. The Morgan fingerprint density at radius 2 is 2.25 bits per heavy atom. The SMILES string of the molecule is Cc1cc(CN2C[C@H]3COC[C@@]3(Cc3nnc(C4CC4)o3)C2)no1. The van der Waals surface area contributed by atoms with Gasteiger partial charge in [0.05, 0.1) is 18.9 Å². The minimum absolute atomic E-state index is 0.0894. The second-order valence-corrected chi connectivity index (χ2v) is 7.66. The Morgan fingerprint density at radius 3 is 3.04 bits per heavy atom. The predicted molar refractivity (Wildman–Crippen MR) is 83.2 cm³/mol. The number of likely N-dealkylation sites (tertiary alicyclic amines) is 1. The van der Waals surface area contributed by atoms with Gasteiger partial charge in [0.1, 0.15) is 5.76 Å². The number of ether oxygens (including phenoxy) is 1. The van der Waals surface area contributed by atoms with Crippen molar-refractivity contribution in [2.45, 2.75) is 38.6 Å². The number of fused-ring (bicyclic) bond motifs is 1. The monoisotopic (exact) mass is 330 g/mol. The summed E-state index contributed by atoms with van der Waals surface area (Å²) < 4.78 is 16.9. The smallest absolute Gasteiger partial charge is 0.219 e. The van der Waals surface area contributed by atoms with Crippen LogP contribution in [-0.2, 0) is 17.7 Å². The van der Waals surface area contributed by atoms with Crippen LogP contribution in [0.4, 0.5) is 0 Å². The van der Waals surface area contributed by atoms with Crippen LogP contribution in [0.2, 0.25) is 0 Å². The van der Waals surface area contributed by atoms with Gasteiger partial charge in [-0.3, -0.25) is 4.90 Å². The quantitative estimate of drug-likeness (QED) is 0.829. The van der Waals surface area contributed by atoms with Crippen molar-refractivity contribution >= 4 is 0 Å². The molecule has 2 aromatic heterocycles. The summed E-state index contributed by atoms with van der Waals surface area (Å²) in [6, 6.07) is 2.01. The summed E-state index contributed by atoms with van der Waals surface area (Å²) in [4.78, 5) is 2.45. The van der Waals surface area contributed by atoms with Gasteiger partial charge in [-0.25, -0.2) is 0 Å². The standard InChI is InChI=1S/C17H22N4O3/c1-11-4-14(20-24-11)7-21-6-13-8-22-10-17(13,9-21)5-15-18-19-16(23-15)12-2-3-12/h4,12-13H,2-3,5-10H2,1H3/t13-,17+/m0/s1. The zero-order valence-corrected chi connectivity index (χ0v) is 13.9. The molecule has 3 fully saturated rings. The summed E-state index contributed by atoms with van der Waals surface area (Å²) in [6.07, 6.45) is 3.18. The van der Waals surface area contributed by atoms with E-state index in [1.54, 1.807) is 0 Å². The van der Waals surface area contributed by atoms with Crippen molar-refractivity contribution in [3.05, 3.63) is 29.3 Å². The fourth-order valence-electron chi connectivity index (χ4n) is 4.17. The summed E-state index contributed by atoms with van der Waals surface area (Å²) in [5, 5.41) is 12.6. The molecule has 7 nitrogen and oxygen atoms in total. The molecule has 128 valence electrons. The van der Waals surface area contributed by atoms with Crippen LogP contribution in [0.3, 0.4) is 0 Å². The van der Waals surface area contributed by atoms with Gasteiger partial charge in [0.25, 0.3) is 0 Å². The largest absolute Gasteiger partial charge is 0.425 e. The molecule has 24 heavy (non-hydrogen) atoms. The Hall–Kier alpha value is -1.73. The Morgan fingerprint density at radius 1 is 1.33 bits per heavy atom. The van der Waals surface area contributed by atoms with Crippen molar-refractivity contribution in [1.29, 1.82) is 0 Å². The van der Waals surface area contributed by atoms with Crippen LogP contribution in [0.1, 0.15) is 42.0 Å². The van der Waals surface area contributed by atoms with Gasteiger partial charge in [0, 0.05) is 49.4 Å². The molecule has 0 amide bonds. The van der Waals surface area contributed by atoms with Crippen LogP contribution in [-0.4, -0.2) is 46.6 Å². The minimum Gasteiger partial charge on any atom is -0.425 e. The van der Waals surface area contributed by atoms with Gasteiger partial charge < -0.3 is 13.7 Å². The summed E-state index contributed by atoms with van der Waals surface area (Å²) in [7, 11) is 0. The van der Waals surface area contributed by atoms with Gasteiger partial charge in [0.15, 0.2) is 0 Å². The van der Waals surface area contributed by atoms with Gasteiger partial charge in [-0.2, -0.15) is 0 Å². The maximum absolute atomic E-state index is 5.91. The molecule has 2 aromatic rings. The number of rotatable bonds is 5. The van der Waals surface area contributed by atoms with Crippen LogP contribution in [0.25, 0.3) is 0 Å². The fourth-order valence-corrected chi connectivity index (χ4v) is 4.17. The number of hydrogen-bond acceptors (Lipinski definition) is 7. The van der Waals surface area contributed by atoms with Crippen LogP contribution < -0.4 is 0 Å². The zero-order chi connectivity index (χ0) is 16.1. The summed E-state index contributed by atoms with van der Waals surface area (Å²) >= 11 is 0. The van der Waals surface area contributed by atoms with Crippen molar-refractivity contribution in [3.8, 4) is 0 Å². The molecule has 2 atom stereocenters. The first kappa shape index (κ1) is 14.6. The van der Waals surface area contributed by atoms with E-state index in [-0.39, 0.29) is 5.41 Å². The lowest BCUT2D eigenvalue weighted by Crippen LogP contribution is -2.33. The van der Waals surface area contributed by atoms with Crippen molar-refractivity contribution in [3.63, 3.8) is 0 Å². The normalized spacial score (nSPS) is 30.1. The highest BCUT2D eigenvalue weighted by Gasteiger charge is 2.51. The van der Waals surface area contributed by atoms with Gasteiger partial charge in [-0.05, 0) is 19.8 Å². The maximum atomic E-state index is 5.91. The molecular weight excluding hydrogens is 308 g/mol. The van der Waals surface area contributed by atoms with Crippen molar-refractivity contribution in [1.82, 2.24) is 20.3 Å². The first-order chi connectivity index (χ1) is 11.7. The average Bonchev–Trinajstić information content (AvgIpc) is 2.85. The molecule has 5 rings (SSSR count). The highest BCUT2D eigenvalue weighted by molar-refractivity contribution is 5.09. The third-order valence-electron chi connectivity index (χ3n) is 5.57. The number of aryl methyl sites for hydroxylation is 1.